The number of nitrogen functional groups attached to an aromatic ring is 1. The summed E-state index contributed by atoms with van der Waals surface area (Å²) in [4.78, 5) is 3.94. The van der Waals surface area contributed by atoms with Gasteiger partial charge in [0.2, 0.25) is 0 Å². The van der Waals surface area contributed by atoms with Crippen molar-refractivity contribution in [3.05, 3.63) is 24.0 Å². The molecule has 0 radical (unpaired) electrons. The zero-order valence-corrected chi connectivity index (χ0v) is 6.07. The summed E-state index contributed by atoms with van der Waals surface area (Å²) in [5.74, 6) is 0. The molecule has 1 aromatic rings. The fourth-order valence-corrected chi connectivity index (χ4v) is 0.730. The van der Waals surface area contributed by atoms with Crippen molar-refractivity contribution in [2.24, 2.45) is 5.73 Å². The van der Waals surface area contributed by atoms with Crippen LogP contribution in [0.25, 0.3) is 0 Å². The molecule has 0 fully saturated rings. The van der Waals surface area contributed by atoms with Crippen LogP contribution in [0.15, 0.2) is 18.3 Å². The van der Waals surface area contributed by atoms with Crippen LogP contribution in [0.1, 0.15) is 11.7 Å². The summed E-state index contributed by atoms with van der Waals surface area (Å²) < 4.78 is 0. The molecule has 5 N–H and O–H groups in total. The molecule has 0 aliphatic heterocycles. The zero-order valence-electron chi connectivity index (χ0n) is 6.07. The number of nitrogens with zero attached hydrogens (tertiary/aromatic N) is 1. The van der Waals surface area contributed by atoms with Crippen molar-refractivity contribution in [1.82, 2.24) is 4.98 Å². The molecule has 0 saturated heterocycles. The first-order valence-electron chi connectivity index (χ1n) is 3.32. The molecule has 0 spiro atoms. The summed E-state index contributed by atoms with van der Waals surface area (Å²) in [6.07, 6.45) is 1.52. The van der Waals surface area contributed by atoms with Crippen molar-refractivity contribution in [2.45, 2.75) is 6.04 Å². The molecule has 0 bridgehead atoms. The van der Waals surface area contributed by atoms with Crippen LogP contribution >= 0.6 is 0 Å². The Morgan fingerprint density at radius 2 is 2.27 bits per heavy atom. The number of aliphatic hydroxyl groups excluding tert-OH is 1. The average molecular weight is 153 g/mol. The third kappa shape index (κ3) is 1.89. The lowest BCUT2D eigenvalue weighted by atomic mass is 10.2. The van der Waals surface area contributed by atoms with Gasteiger partial charge in [-0.1, -0.05) is 0 Å². The minimum atomic E-state index is -0.407. The molecule has 4 nitrogen and oxygen atoms in total. The Hall–Kier alpha value is -1.13. The standard InChI is InChI=1S/C7H11N3O/c8-5-1-2-7(10-3-5)6(9)4-11/h1-3,6,11H,4,8-9H2/t6-/m0/s1. The lowest BCUT2D eigenvalue weighted by Gasteiger charge is -2.06. The number of aliphatic hydroxyl groups is 1. The molecule has 11 heavy (non-hydrogen) atoms. The fraction of sp³-hybridized carbons (Fsp3) is 0.286. The van der Waals surface area contributed by atoms with E-state index in [4.69, 9.17) is 16.6 Å². The third-order valence-electron chi connectivity index (χ3n) is 1.39. The van der Waals surface area contributed by atoms with Crippen molar-refractivity contribution in [3.8, 4) is 0 Å². The van der Waals surface area contributed by atoms with Gasteiger partial charge in [-0.25, -0.2) is 0 Å². The second-order valence-electron chi connectivity index (χ2n) is 2.31. The topological polar surface area (TPSA) is 85.2 Å². The van der Waals surface area contributed by atoms with Gasteiger partial charge in [0.05, 0.1) is 30.2 Å². The quantitative estimate of drug-likeness (QED) is 0.542. The molecule has 1 aromatic heterocycles. The number of rotatable bonds is 2. The van der Waals surface area contributed by atoms with E-state index < -0.39 is 6.04 Å². The van der Waals surface area contributed by atoms with Crippen LogP contribution in [-0.4, -0.2) is 16.7 Å². The number of hydrogen-bond donors (Lipinski definition) is 3. The Kier molecular flexibility index (Phi) is 2.40. The highest BCUT2D eigenvalue weighted by Crippen LogP contribution is 2.07. The van der Waals surface area contributed by atoms with Gasteiger partial charge < -0.3 is 16.6 Å². The molecule has 0 aromatic carbocycles. The van der Waals surface area contributed by atoms with Crippen molar-refractivity contribution in [3.63, 3.8) is 0 Å². The van der Waals surface area contributed by atoms with Crippen LogP contribution < -0.4 is 11.5 Å². The normalized spacial score (nSPS) is 12.9. The second-order valence-corrected chi connectivity index (χ2v) is 2.31. The van der Waals surface area contributed by atoms with E-state index >= 15 is 0 Å². The molecule has 0 aliphatic carbocycles. The molecule has 4 heteroatoms. The van der Waals surface area contributed by atoms with Gasteiger partial charge in [0.25, 0.3) is 0 Å². The molecule has 0 amide bonds. The van der Waals surface area contributed by atoms with E-state index in [0.29, 0.717) is 11.4 Å². The molecule has 60 valence electrons. The summed E-state index contributed by atoms with van der Waals surface area (Å²) in [5.41, 5.74) is 12.1. The van der Waals surface area contributed by atoms with Crippen molar-refractivity contribution in [2.75, 3.05) is 12.3 Å². The molecule has 0 unspecified atom stereocenters. The summed E-state index contributed by atoms with van der Waals surface area (Å²) in [5, 5.41) is 8.66. The highest BCUT2D eigenvalue weighted by Gasteiger charge is 2.03. The van der Waals surface area contributed by atoms with E-state index in [1.165, 1.54) is 6.20 Å². The molecule has 1 heterocycles. The van der Waals surface area contributed by atoms with Gasteiger partial charge >= 0.3 is 0 Å². The SMILES string of the molecule is Nc1ccc([C@@H](N)CO)nc1. The van der Waals surface area contributed by atoms with Crippen LogP contribution in [-0.2, 0) is 0 Å². The first-order valence-corrected chi connectivity index (χ1v) is 3.32. The highest BCUT2D eigenvalue weighted by atomic mass is 16.3. The van der Waals surface area contributed by atoms with E-state index in [0.717, 1.165) is 0 Å². The number of anilines is 1. The largest absolute Gasteiger partial charge is 0.397 e. The smallest absolute Gasteiger partial charge is 0.0705 e. The Labute approximate surface area is 64.9 Å². The van der Waals surface area contributed by atoms with Crippen LogP contribution in [0.5, 0.6) is 0 Å². The maximum Gasteiger partial charge on any atom is 0.0705 e. The predicted molar refractivity (Wildman–Crippen MR) is 42.7 cm³/mol. The summed E-state index contributed by atoms with van der Waals surface area (Å²) in [7, 11) is 0. The minimum absolute atomic E-state index is 0.100. The van der Waals surface area contributed by atoms with Crippen LogP contribution in [0.4, 0.5) is 5.69 Å². The first kappa shape index (κ1) is 7.97. The van der Waals surface area contributed by atoms with Crippen LogP contribution in [0.2, 0.25) is 0 Å². The summed E-state index contributed by atoms with van der Waals surface area (Å²) in [6, 6.07) is 3.00. The van der Waals surface area contributed by atoms with Crippen molar-refractivity contribution < 1.29 is 5.11 Å². The lowest BCUT2D eigenvalue weighted by Crippen LogP contribution is -2.15. The third-order valence-corrected chi connectivity index (χ3v) is 1.39. The van der Waals surface area contributed by atoms with E-state index in [1.807, 2.05) is 0 Å². The van der Waals surface area contributed by atoms with Gasteiger partial charge in [0.1, 0.15) is 0 Å². The fourth-order valence-electron chi connectivity index (χ4n) is 0.730. The number of pyridine rings is 1. The molecule has 0 saturated carbocycles. The van der Waals surface area contributed by atoms with Gasteiger partial charge in [0.15, 0.2) is 0 Å². The van der Waals surface area contributed by atoms with E-state index in [9.17, 15) is 0 Å². The van der Waals surface area contributed by atoms with E-state index in [-0.39, 0.29) is 6.61 Å². The molecule has 1 rings (SSSR count). The monoisotopic (exact) mass is 153 g/mol. The Balaban J connectivity index is 2.81. The second kappa shape index (κ2) is 3.32. The molecular weight excluding hydrogens is 142 g/mol. The number of aromatic nitrogens is 1. The highest BCUT2D eigenvalue weighted by molar-refractivity contribution is 5.35. The van der Waals surface area contributed by atoms with Crippen molar-refractivity contribution >= 4 is 5.69 Å². The Morgan fingerprint density at radius 3 is 2.73 bits per heavy atom. The van der Waals surface area contributed by atoms with Crippen molar-refractivity contribution in [1.29, 1.82) is 0 Å². The Morgan fingerprint density at radius 1 is 1.55 bits per heavy atom. The van der Waals surface area contributed by atoms with Gasteiger partial charge in [-0.3, -0.25) is 4.98 Å². The molecule has 0 aliphatic rings. The average Bonchev–Trinajstić information content (AvgIpc) is 2.05. The van der Waals surface area contributed by atoms with Crippen LogP contribution in [0, 0.1) is 0 Å². The van der Waals surface area contributed by atoms with Gasteiger partial charge in [-0.15, -0.1) is 0 Å². The van der Waals surface area contributed by atoms with E-state index in [2.05, 4.69) is 4.98 Å². The maximum absolute atomic E-state index is 8.66. The van der Waals surface area contributed by atoms with Crippen LogP contribution in [0.3, 0.4) is 0 Å². The Bertz CT molecular complexity index is 222. The first-order chi connectivity index (χ1) is 5.24. The minimum Gasteiger partial charge on any atom is -0.397 e. The van der Waals surface area contributed by atoms with Gasteiger partial charge in [-0.05, 0) is 12.1 Å². The number of hydrogen-bond acceptors (Lipinski definition) is 4. The summed E-state index contributed by atoms with van der Waals surface area (Å²) >= 11 is 0. The maximum atomic E-state index is 8.66. The zero-order chi connectivity index (χ0) is 8.27. The summed E-state index contributed by atoms with van der Waals surface area (Å²) in [6.45, 7) is -0.100. The van der Waals surface area contributed by atoms with Gasteiger partial charge in [-0.2, -0.15) is 0 Å². The predicted octanol–water partition coefficient (Wildman–Crippen LogP) is -0.344. The lowest BCUT2D eigenvalue weighted by molar-refractivity contribution is 0.266. The van der Waals surface area contributed by atoms with E-state index in [1.54, 1.807) is 12.1 Å². The molecule has 1 atom stereocenters. The number of nitrogens with two attached hydrogens (primary N) is 2. The molecular formula is C7H11N3O. The van der Waals surface area contributed by atoms with Gasteiger partial charge in [0, 0.05) is 0 Å².